The van der Waals surface area contributed by atoms with Crippen LogP contribution in [0.4, 0.5) is 0 Å². The topological polar surface area (TPSA) is 0 Å². The Kier molecular flexibility index (Phi) is 20.2. The number of hydrogen-bond acceptors (Lipinski definition) is 0. The Hall–Kier alpha value is -0.260. The first-order valence-corrected chi connectivity index (χ1v) is 5.48. The van der Waals surface area contributed by atoms with Crippen LogP contribution in [0.15, 0.2) is 12.2 Å². The van der Waals surface area contributed by atoms with E-state index < -0.39 is 0 Å². The lowest BCUT2D eigenvalue weighted by Crippen LogP contribution is -1.66. The molecular formula is C12H26. The third kappa shape index (κ3) is 22.6. The summed E-state index contributed by atoms with van der Waals surface area (Å²) in [4.78, 5) is 0. The van der Waals surface area contributed by atoms with Crippen LogP contribution in [-0.2, 0) is 0 Å². The number of allylic oxidation sites excluding steroid dienone is 2. The second-order valence-electron chi connectivity index (χ2n) is 3.00. The normalized spacial score (nSPS) is 9.67. The molecular weight excluding hydrogens is 144 g/mol. The molecule has 0 saturated heterocycles. The van der Waals surface area contributed by atoms with E-state index in [0.717, 1.165) is 0 Å². The van der Waals surface area contributed by atoms with Gasteiger partial charge in [0.1, 0.15) is 0 Å². The third-order valence-electron chi connectivity index (χ3n) is 1.60. The van der Waals surface area contributed by atoms with Gasteiger partial charge in [0.25, 0.3) is 0 Å². The van der Waals surface area contributed by atoms with E-state index in [4.69, 9.17) is 0 Å². The van der Waals surface area contributed by atoms with Crippen molar-refractivity contribution in [1.29, 1.82) is 0 Å². The highest BCUT2D eigenvalue weighted by molar-refractivity contribution is 4.77. The minimum atomic E-state index is 1.17. The van der Waals surface area contributed by atoms with E-state index in [1.807, 2.05) is 0 Å². The molecule has 0 saturated carbocycles. The van der Waals surface area contributed by atoms with Gasteiger partial charge in [0.15, 0.2) is 0 Å². The lowest BCUT2D eigenvalue weighted by Gasteiger charge is -1.86. The molecule has 0 radical (unpaired) electrons. The summed E-state index contributed by atoms with van der Waals surface area (Å²) in [6, 6.07) is 0. The quantitative estimate of drug-likeness (QED) is 0.404. The first kappa shape index (κ1) is 14.3. The van der Waals surface area contributed by atoms with Crippen molar-refractivity contribution in [3.05, 3.63) is 12.2 Å². The zero-order valence-electron chi connectivity index (χ0n) is 9.40. The fourth-order valence-electron chi connectivity index (χ4n) is 0.833. The zero-order chi connectivity index (χ0) is 9.66. The van der Waals surface area contributed by atoms with Crippen LogP contribution in [0.5, 0.6) is 0 Å². The number of hydrogen-bond donors (Lipinski definition) is 0. The average molecular weight is 170 g/mol. The van der Waals surface area contributed by atoms with Gasteiger partial charge >= 0.3 is 0 Å². The molecule has 0 aliphatic carbocycles. The van der Waals surface area contributed by atoms with Crippen LogP contribution in [-0.4, -0.2) is 0 Å². The summed E-state index contributed by atoms with van der Waals surface area (Å²) in [7, 11) is 0. The van der Waals surface area contributed by atoms with Crippen molar-refractivity contribution in [2.24, 2.45) is 0 Å². The molecule has 0 aliphatic heterocycles. The van der Waals surface area contributed by atoms with Crippen LogP contribution < -0.4 is 0 Å². The van der Waals surface area contributed by atoms with E-state index in [0.29, 0.717) is 0 Å². The Morgan fingerprint density at radius 3 is 1.17 bits per heavy atom. The Labute approximate surface area is 79.1 Å². The van der Waals surface area contributed by atoms with Crippen molar-refractivity contribution in [2.75, 3.05) is 0 Å². The Bertz CT molecular complexity index is 62.1. The van der Waals surface area contributed by atoms with E-state index in [9.17, 15) is 0 Å². The van der Waals surface area contributed by atoms with E-state index >= 15 is 0 Å². The van der Waals surface area contributed by atoms with E-state index in [1.165, 1.54) is 38.5 Å². The van der Waals surface area contributed by atoms with Crippen molar-refractivity contribution >= 4 is 0 Å². The highest BCUT2D eigenvalue weighted by Crippen LogP contribution is 1.95. The largest absolute Gasteiger partial charge is 0.0888 e. The van der Waals surface area contributed by atoms with Crippen molar-refractivity contribution < 1.29 is 0 Å². The maximum atomic E-state index is 2.23. The van der Waals surface area contributed by atoms with Gasteiger partial charge in [-0.2, -0.15) is 0 Å². The first-order valence-electron chi connectivity index (χ1n) is 5.48. The van der Waals surface area contributed by atoms with Crippen LogP contribution in [0.3, 0.4) is 0 Å². The number of unbranched alkanes of at least 4 members (excludes halogenated alkanes) is 3. The van der Waals surface area contributed by atoms with Gasteiger partial charge in [0.05, 0.1) is 0 Å². The average Bonchev–Trinajstić information content (AvgIpc) is 2.12. The van der Waals surface area contributed by atoms with E-state index in [-0.39, 0.29) is 0 Å². The predicted octanol–water partition coefficient (Wildman–Crippen LogP) is 4.95. The Balaban J connectivity index is 0. The van der Waals surface area contributed by atoms with Gasteiger partial charge in [-0.15, -0.1) is 0 Å². The van der Waals surface area contributed by atoms with Crippen molar-refractivity contribution in [2.45, 2.75) is 66.2 Å². The molecule has 0 heteroatoms. The van der Waals surface area contributed by atoms with Crippen molar-refractivity contribution in [3.8, 4) is 0 Å². The fourth-order valence-corrected chi connectivity index (χ4v) is 0.833. The summed E-state index contributed by atoms with van der Waals surface area (Å²) >= 11 is 0. The summed E-state index contributed by atoms with van der Waals surface area (Å²) in [6.45, 7) is 8.75. The third-order valence-corrected chi connectivity index (χ3v) is 1.60. The Morgan fingerprint density at radius 1 is 0.667 bits per heavy atom. The van der Waals surface area contributed by atoms with Gasteiger partial charge in [-0.25, -0.2) is 0 Å². The monoisotopic (exact) mass is 170 g/mol. The summed E-state index contributed by atoms with van der Waals surface area (Å²) in [6.07, 6.45) is 12.2. The minimum absolute atomic E-state index is 1.17. The predicted molar refractivity (Wildman–Crippen MR) is 59.5 cm³/mol. The molecule has 0 aromatic carbocycles. The van der Waals surface area contributed by atoms with E-state index in [1.54, 1.807) is 0 Å². The van der Waals surface area contributed by atoms with Gasteiger partial charge in [0.2, 0.25) is 0 Å². The standard InChI is InChI=1S/C6H14.C6H12/c2*1-3-5-6-4-2/h3-6H2,1-2H3;5-6H,3-4H2,1-2H3. The maximum Gasteiger partial charge on any atom is -0.0379 e. The summed E-state index contributed by atoms with van der Waals surface area (Å²) in [5, 5.41) is 0. The van der Waals surface area contributed by atoms with Crippen LogP contribution in [0.25, 0.3) is 0 Å². The van der Waals surface area contributed by atoms with Gasteiger partial charge in [-0.05, 0) is 12.8 Å². The molecule has 0 nitrogen and oxygen atoms in total. The Morgan fingerprint density at radius 2 is 1.00 bits per heavy atom. The molecule has 0 aromatic rings. The molecule has 0 bridgehead atoms. The van der Waals surface area contributed by atoms with Crippen LogP contribution in [0, 0.1) is 0 Å². The number of rotatable bonds is 5. The minimum Gasteiger partial charge on any atom is -0.0888 e. The summed E-state index contributed by atoms with van der Waals surface area (Å²) < 4.78 is 0. The molecule has 0 spiro atoms. The van der Waals surface area contributed by atoms with Gasteiger partial charge < -0.3 is 0 Å². The van der Waals surface area contributed by atoms with Crippen LogP contribution in [0.1, 0.15) is 66.2 Å². The van der Waals surface area contributed by atoms with Crippen LogP contribution in [0.2, 0.25) is 0 Å². The van der Waals surface area contributed by atoms with Gasteiger partial charge in [0, 0.05) is 0 Å². The van der Waals surface area contributed by atoms with E-state index in [2.05, 4.69) is 39.8 Å². The summed E-state index contributed by atoms with van der Waals surface area (Å²) in [5.74, 6) is 0. The first-order chi connectivity index (χ1) is 5.83. The van der Waals surface area contributed by atoms with Gasteiger partial charge in [-0.1, -0.05) is 65.5 Å². The maximum absolute atomic E-state index is 2.23. The molecule has 0 atom stereocenters. The SMILES string of the molecule is CCC=CCC.CCCCCC. The highest BCUT2D eigenvalue weighted by Gasteiger charge is 1.75. The summed E-state index contributed by atoms with van der Waals surface area (Å²) in [5.41, 5.74) is 0. The van der Waals surface area contributed by atoms with Crippen LogP contribution >= 0.6 is 0 Å². The van der Waals surface area contributed by atoms with Crippen molar-refractivity contribution in [1.82, 2.24) is 0 Å². The molecule has 0 rings (SSSR count). The fraction of sp³-hybridized carbons (Fsp3) is 0.833. The lowest BCUT2D eigenvalue weighted by atomic mass is 10.2. The molecule has 0 N–H and O–H groups in total. The molecule has 0 unspecified atom stereocenters. The molecule has 0 aliphatic rings. The molecule has 74 valence electrons. The second-order valence-corrected chi connectivity index (χ2v) is 3.00. The molecule has 0 heterocycles. The molecule has 0 fully saturated rings. The highest BCUT2D eigenvalue weighted by atomic mass is 13.8. The molecule has 12 heavy (non-hydrogen) atoms. The molecule has 0 aromatic heterocycles. The lowest BCUT2D eigenvalue weighted by molar-refractivity contribution is 0.702. The van der Waals surface area contributed by atoms with Crippen molar-refractivity contribution in [3.63, 3.8) is 0 Å². The zero-order valence-corrected chi connectivity index (χ0v) is 9.40. The van der Waals surface area contributed by atoms with Gasteiger partial charge in [-0.3, -0.25) is 0 Å². The second kappa shape index (κ2) is 17.0. The smallest absolute Gasteiger partial charge is 0.0379 e. The molecule has 0 amide bonds.